The van der Waals surface area contributed by atoms with Crippen LogP contribution < -0.4 is 5.32 Å². The molecule has 0 aromatic heterocycles. The van der Waals surface area contributed by atoms with Crippen LogP contribution in [0.3, 0.4) is 0 Å². The summed E-state index contributed by atoms with van der Waals surface area (Å²) in [5.41, 5.74) is 0.847. The smallest absolute Gasteiger partial charge is 0.308 e. The predicted octanol–water partition coefficient (Wildman–Crippen LogP) is 0.325. The minimum Gasteiger partial charge on any atom is -0.481 e. The summed E-state index contributed by atoms with van der Waals surface area (Å²) in [4.78, 5) is 11.4. The van der Waals surface area contributed by atoms with E-state index in [1.807, 2.05) is 0 Å². The van der Waals surface area contributed by atoms with Crippen LogP contribution >= 0.6 is 0 Å². The summed E-state index contributed by atoms with van der Waals surface area (Å²) in [5, 5.41) is 12.2. The van der Waals surface area contributed by atoms with Crippen molar-refractivity contribution < 1.29 is 18.3 Å². The summed E-state index contributed by atoms with van der Waals surface area (Å²) in [6, 6.07) is 6.46. The first-order valence-electron chi connectivity index (χ1n) is 6.30. The molecule has 6 nitrogen and oxygen atoms in total. The predicted molar refractivity (Wildman–Crippen MR) is 74.1 cm³/mol. The second kappa shape index (κ2) is 5.51. The van der Waals surface area contributed by atoms with Gasteiger partial charge in [0.2, 0.25) is 10.0 Å². The molecular weight excluding hydrogens is 280 g/mol. The van der Waals surface area contributed by atoms with Crippen LogP contribution in [-0.2, 0) is 14.8 Å². The zero-order valence-electron chi connectivity index (χ0n) is 11.4. The van der Waals surface area contributed by atoms with E-state index in [1.54, 1.807) is 12.1 Å². The highest BCUT2D eigenvalue weighted by Crippen LogP contribution is 2.29. The molecule has 0 amide bonds. The third-order valence-corrected chi connectivity index (χ3v) is 5.45. The van der Waals surface area contributed by atoms with Crippen molar-refractivity contribution in [3.05, 3.63) is 29.8 Å². The molecule has 0 saturated carbocycles. The quantitative estimate of drug-likeness (QED) is 0.836. The second-order valence-corrected chi connectivity index (χ2v) is 7.22. The third-order valence-electron chi connectivity index (χ3n) is 3.62. The molecule has 0 spiro atoms. The molecule has 2 N–H and O–H groups in total. The summed E-state index contributed by atoms with van der Waals surface area (Å²) in [5.74, 6) is -1.42. The zero-order chi connectivity index (χ0) is 14.9. The Morgan fingerprint density at radius 3 is 2.35 bits per heavy atom. The number of rotatable bonds is 4. The van der Waals surface area contributed by atoms with Gasteiger partial charge in [-0.05, 0) is 17.7 Å². The van der Waals surface area contributed by atoms with Crippen molar-refractivity contribution in [2.75, 3.05) is 27.2 Å². The molecule has 2 unspecified atom stereocenters. The number of carboxylic acid groups (broad SMARTS) is 1. The molecule has 1 aliphatic rings. The van der Waals surface area contributed by atoms with E-state index in [1.165, 1.54) is 26.2 Å². The molecule has 1 aromatic rings. The fourth-order valence-electron chi connectivity index (χ4n) is 2.39. The van der Waals surface area contributed by atoms with Gasteiger partial charge in [-0.2, -0.15) is 0 Å². The van der Waals surface area contributed by atoms with Gasteiger partial charge in [-0.3, -0.25) is 4.79 Å². The highest BCUT2D eigenvalue weighted by atomic mass is 32.2. The van der Waals surface area contributed by atoms with Crippen LogP contribution in [0.15, 0.2) is 29.2 Å². The van der Waals surface area contributed by atoms with Gasteiger partial charge in [0.1, 0.15) is 0 Å². The van der Waals surface area contributed by atoms with Crippen molar-refractivity contribution in [2.24, 2.45) is 5.92 Å². The van der Waals surface area contributed by atoms with E-state index >= 15 is 0 Å². The number of benzene rings is 1. The maximum atomic E-state index is 12.0. The summed E-state index contributed by atoms with van der Waals surface area (Å²) in [6.07, 6.45) is 0. The molecule has 7 heteroatoms. The van der Waals surface area contributed by atoms with Gasteiger partial charge in [0.05, 0.1) is 10.8 Å². The molecule has 0 bridgehead atoms. The molecule has 1 heterocycles. The molecule has 1 aromatic carbocycles. The number of nitrogens with zero attached hydrogens (tertiary/aromatic N) is 1. The number of sulfonamides is 1. The van der Waals surface area contributed by atoms with E-state index in [9.17, 15) is 13.2 Å². The van der Waals surface area contributed by atoms with Crippen LogP contribution in [0.2, 0.25) is 0 Å². The summed E-state index contributed by atoms with van der Waals surface area (Å²) >= 11 is 0. The molecule has 1 saturated heterocycles. The Hall–Kier alpha value is -1.44. The Balaban J connectivity index is 2.27. The van der Waals surface area contributed by atoms with Crippen molar-refractivity contribution >= 4 is 16.0 Å². The number of aliphatic carboxylic acids is 1. The normalized spacial score (nSPS) is 23.1. The summed E-state index contributed by atoms with van der Waals surface area (Å²) in [7, 11) is -0.492. The van der Waals surface area contributed by atoms with Gasteiger partial charge in [-0.25, -0.2) is 12.7 Å². The van der Waals surface area contributed by atoms with Gasteiger partial charge in [0.25, 0.3) is 0 Å². The lowest BCUT2D eigenvalue weighted by atomic mass is 9.89. The molecule has 20 heavy (non-hydrogen) atoms. The Morgan fingerprint density at radius 2 is 1.85 bits per heavy atom. The monoisotopic (exact) mass is 298 g/mol. The van der Waals surface area contributed by atoms with Crippen LogP contribution in [0.25, 0.3) is 0 Å². The fourth-order valence-corrected chi connectivity index (χ4v) is 3.29. The number of carboxylic acids is 1. The largest absolute Gasteiger partial charge is 0.481 e. The number of nitrogens with one attached hydrogen (secondary N) is 1. The van der Waals surface area contributed by atoms with E-state index < -0.39 is 21.9 Å². The molecule has 1 fully saturated rings. The number of hydrogen-bond donors (Lipinski definition) is 2. The average molecular weight is 298 g/mol. The van der Waals surface area contributed by atoms with Crippen molar-refractivity contribution in [1.29, 1.82) is 0 Å². The molecule has 0 aliphatic carbocycles. The maximum absolute atomic E-state index is 12.0. The van der Waals surface area contributed by atoms with Crippen LogP contribution in [-0.4, -0.2) is 51.0 Å². The van der Waals surface area contributed by atoms with Crippen molar-refractivity contribution in [2.45, 2.75) is 10.8 Å². The third kappa shape index (κ3) is 2.70. The molecule has 1 aliphatic heterocycles. The van der Waals surface area contributed by atoms with Crippen molar-refractivity contribution in [3.63, 3.8) is 0 Å². The fraction of sp³-hybridized carbons (Fsp3) is 0.462. The number of carbonyl (C=O) groups is 1. The van der Waals surface area contributed by atoms with E-state index in [-0.39, 0.29) is 10.8 Å². The first-order chi connectivity index (χ1) is 9.34. The van der Waals surface area contributed by atoms with E-state index in [0.29, 0.717) is 13.1 Å². The Morgan fingerprint density at radius 1 is 1.25 bits per heavy atom. The minimum atomic E-state index is -3.45. The average Bonchev–Trinajstić information content (AvgIpc) is 2.88. The molecule has 2 atom stereocenters. The van der Waals surface area contributed by atoms with Gasteiger partial charge >= 0.3 is 5.97 Å². The lowest BCUT2D eigenvalue weighted by Crippen LogP contribution is -2.23. The van der Waals surface area contributed by atoms with Crippen LogP contribution in [0.4, 0.5) is 0 Å². The van der Waals surface area contributed by atoms with Gasteiger partial charge in [-0.15, -0.1) is 0 Å². The van der Waals surface area contributed by atoms with Crippen molar-refractivity contribution in [1.82, 2.24) is 9.62 Å². The molecular formula is C13H18N2O4S. The zero-order valence-corrected chi connectivity index (χ0v) is 12.2. The van der Waals surface area contributed by atoms with Gasteiger partial charge in [0, 0.05) is 33.1 Å². The first kappa shape index (κ1) is 15.0. The van der Waals surface area contributed by atoms with Crippen LogP contribution in [0.5, 0.6) is 0 Å². The molecule has 0 radical (unpaired) electrons. The maximum Gasteiger partial charge on any atom is 0.308 e. The van der Waals surface area contributed by atoms with E-state index in [2.05, 4.69) is 5.32 Å². The SMILES string of the molecule is CN(C)S(=O)(=O)c1ccc(C2CNCC2C(=O)O)cc1. The standard InChI is InChI=1S/C13H18N2O4S/c1-15(2)20(18,19)10-5-3-9(4-6-10)11-7-14-8-12(11)13(16)17/h3-6,11-12,14H,7-8H2,1-2H3,(H,16,17). The van der Waals surface area contributed by atoms with Crippen molar-refractivity contribution in [3.8, 4) is 0 Å². The lowest BCUT2D eigenvalue weighted by Gasteiger charge is -2.16. The van der Waals surface area contributed by atoms with Gasteiger partial charge in [0.15, 0.2) is 0 Å². The van der Waals surface area contributed by atoms with Crippen LogP contribution in [0, 0.1) is 5.92 Å². The van der Waals surface area contributed by atoms with Gasteiger partial charge < -0.3 is 10.4 Å². The summed E-state index contributed by atoms with van der Waals surface area (Å²) in [6.45, 7) is 1.04. The van der Waals surface area contributed by atoms with E-state index in [4.69, 9.17) is 5.11 Å². The van der Waals surface area contributed by atoms with Crippen LogP contribution in [0.1, 0.15) is 11.5 Å². The Labute approximate surface area is 118 Å². The van der Waals surface area contributed by atoms with Gasteiger partial charge in [-0.1, -0.05) is 12.1 Å². The minimum absolute atomic E-state index is 0.122. The summed E-state index contributed by atoms with van der Waals surface area (Å²) < 4.78 is 25.1. The molecule has 2 rings (SSSR count). The molecule has 110 valence electrons. The number of hydrogen-bond acceptors (Lipinski definition) is 4. The van der Waals surface area contributed by atoms with E-state index in [0.717, 1.165) is 9.87 Å². The second-order valence-electron chi connectivity index (χ2n) is 5.07. The lowest BCUT2D eigenvalue weighted by molar-refractivity contribution is -0.141. The highest BCUT2D eigenvalue weighted by Gasteiger charge is 2.33. The topological polar surface area (TPSA) is 86.7 Å². The highest BCUT2D eigenvalue weighted by molar-refractivity contribution is 7.89. The Bertz CT molecular complexity index is 595. The Kier molecular flexibility index (Phi) is 4.12. The first-order valence-corrected chi connectivity index (χ1v) is 7.74.